The number of aryl methyl sites for hydroxylation is 2. The molecule has 3 rings (SSSR count). The van der Waals surface area contributed by atoms with Crippen molar-refractivity contribution < 1.29 is 0 Å². The van der Waals surface area contributed by atoms with Crippen LogP contribution in [0.3, 0.4) is 0 Å². The van der Waals surface area contributed by atoms with Gasteiger partial charge in [0.1, 0.15) is 0 Å². The molecule has 3 N–H and O–H groups in total. The summed E-state index contributed by atoms with van der Waals surface area (Å²) < 4.78 is 4.20. The van der Waals surface area contributed by atoms with Crippen molar-refractivity contribution in [3.63, 3.8) is 0 Å². The fraction of sp³-hybridized carbons (Fsp3) is 0.133. The molecule has 1 heterocycles. The molecule has 0 aliphatic heterocycles. The van der Waals surface area contributed by atoms with Crippen LogP contribution >= 0.6 is 15.9 Å². The molecule has 6 heteroatoms. The third-order valence-corrected chi connectivity index (χ3v) is 4.06. The highest BCUT2D eigenvalue weighted by Crippen LogP contribution is 2.27. The van der Waals surface area contributed by atoms with E-state index in [1.54, 1.807) is 23.2 Å². The first-order chi connectivity index (χ1) is 9.97. The Hall–Kier alpha value is -2.21. The Morgan fingerprint density at radius 3 is 2.48 bits per heavy atom. The monoisotopic (exact) mass is 346 g/mol. The fourth-order valence-corrected chi connectivity index (χ4v) is 2.77. The van der Waals surface area contributed by atoms with E-state index >= 15 is 0 Å². The van der Waals surface area contributed by atoms with Crippen molar-refractivity contribution in [3.8, 4) is 0 Å². The highest BCUT2D eigenvalue weighted by molar-refractivity contribution is 9.10. The van der Waals surface area contributed by atoms with Crippen LogP contribution in [0.4, 0.5) is 17.1 Å². The second-order valence-corrected chi connectivity index (χ2v) is 5.88. The van der Waals surface area contributed by atoms with E-state index in [1.807, 2.05) is 36.4 Å². The van der Waals surface area contributed by atoms with E-state index < -0.39 is 0 Å². The molecule has 0 spiro atoms. The third kappa shape index (κ3) is 2.31. The molecule has 1 aromatic heterocycles. The maximum absolute atomic E-state index is 11.9. The van der Waals surface area contributed by atoms with Crippen LogP contribution in [0, 0.1) is 0 Å². The molecule has 0 fully saturated rings. The summed E-state index contributed by atoms with van der Waals surface area (Å²) in [5.41, 5.74) is 10.1. The average Bonchev–Trinajstić information content (AvgIpc) is 2.67. The molecular formula is C15H15BrN4O. The maximum Gasteiger partial charge on any atom is 0.328 e. The number of hydrogen-bond acceptors (Lipinski definition) is 3. The number of hydrogen-bond donors (Lipinski definition) is 2. The third-order valence-electron chi connectivity index (χ3n) is 3.56. The van der Waals surface area contributed by atoms with E-state index in [9.17, 15) is 4.79 Å². The molecule has 0 saturated heterocycles. The molecule has 2 aromatic carbocycles. The van der Waals surface area contributed by atoms with Crippen molar-refractivity contribution in [2.75, 3.05) is 11.1 Å². The highest BCUT2D eigenvalue weighted by atomic mass is 79.9. The number of nitrogens with one attached hydrogen (secondary N) is 1. The van der Waals surface area contributed by atoms with Gasteiger partial charge in [-0.1, -0.05) is 15.9 Å². The van der Waals surface area contributed by atoms with Crippen LogP contribution in [0.1, 0.15) is 0 Å². The predicted molar refractivity (Wildman–Crippen MR) is 90.0 cm³/mol. The van der Waals surface area contributed by atoms with Crippen LogP contribution in [-0.4, -0.2) is 9.13 Å². The second kappa shape index (κ2) is 4.96. The number of benzene rings is 2. The number of anilines is 3. The number of halogens is 1. The average molecular weight is 347 g/mol. The van der Waals surface area contributed by atoms with E-state index in [4.69, 9.17) is 5.73 Å². The van der Waals surface area contributed by atoms with Crippen molar-refractivity contribution >= 4 is 44.0 Å². The summed E-state index contributed by atoms with van der Waals surface area (Å²) in [6.45, 7) is 0. The number of nitrogens with two attached hydrogens (primary N) is 1. The van der Waals surface area contributed by atoms with Gasteiger partial charge in [0.2, 0.25) is 0 Å². The normalized spacial score (nSPS) is 11.0. The molecule has 108 valence electrons. The largest absolute Gasteiger partial charge is 0.397 e. The van der Waals surface area contributed by atoms with Gasteiger partial charge in [-0.15, -0.1) is 0 Å². The molecule has 21 heavy (non-hydrogen) atoms. The topological polar surface area (TPSA) is 65.0 Å². The summed E-state index contributed by atoms with van der Waals surface area (Å²) in [5, 5.41) is 3.28. The summed E-state index contributed by atoms with van der Waals surface area (Å²) in [6, 6.07) is 11.5. The van der Waals surface area contributed by atoms with Gasteiger partial charge in [0.15, 0.2) is 0 Å². The lowest BCUT2D eigenvalue weighted by atomic mass is 10.2. The first-order valence-corrected chi connectivity index (χ1v) is 7.24. The summed E-state index contributed by atoms with van der Waals surface area (Å²) >= 11 is 3.39. The Morgan fingerprint density at radius 2 is 1.76 bits per heavy atom. The van der Waals surface area contributed by atoms with Gasteiger partial charge in [-0.3, -0.25) is 9.13 Å². The molecule has 0 unspecified atom stereocenters. The van der Waals surface area contributed by atoms with Gasteiger partial charge in [0, 0.05) is 24.3 Å². The molecule has 5 nitrogen and oxygen atoms in total. The van der Waals surface area contributed by atoms with Crippen LogP contribution in [0.5, 0.6) is 0 Å². The zero-order chi connectivity index (χ0) is 15.1. The first-order valence-electron chi connectivity index (χ1n) is 6.45. The number of nitrogens with zero attached hydrogens (tertiary/aromatic N) is 2. The van der Waals surface area contributed by atoms with E-state index in [1.165, 1.54) is 0 Å². The van der Waals surface area contributed by atoms with Gasteiger partial charge < -0.3 is 11.1 Å². The van der Waals surface area contributed by atoms with Gasteiger partial charge in [-0.05, 0) is 36.4 Å². The zero-order valence-electron chi connectivity index (χ0n) is 11.7. The van der Waals surface area contributed by atoms with Gasteiger partial charge in [0.05, 0.1) is 22.4 Å². The summed E-state index contributed by atoms with van der Waals surface area (Å²) in [4.78, 5) is 11.9. The molecule has 0 bridgehead atoms. The Labute approximate surface area is 130 Å². The van der Waals surface area contributed by atoms with Crippen molar-refractivity contribution in [1.82, 2.24) is 9.13 Å². The molecular weight excluding hydrogens is 332 g/mol. The van der Waals surface area contributed by atoms with Crippen LogP contribution in [0.2, 0.25) is 0 Å². The van der Waals surface area contributed by atoms with Gasteiger partial charge >= 0.3 is 5.69 Å². The SMILES string of the molecule is Cn1c(=O)n(C)c2cc(Nc3ccc(Br)cc3N)ccc21. The Morgan fingerprint density at radius 1 is 1.05 bits per heavy atom. The van der Waals surface area contributed by atoms with Crippen LogP contribution in [0.15, 0.2) is 45.7 Å². The van der Waals surface area contributed by atoms with Gasteiger partial charge in [0.25, 0.3) is 0 Å². The van der Waals surface area contributed by atoms with E-state index in [-0.39, 0.29) is 5.69 Å². The lowest BCUT2D eigenvalue weighted by molar-refractivity contribution is 0.795. The number of imidazole rings is 1. The summed E-state index contributed by atoms with van der Waals surface area (Å²) in [5.74, 6) is 0. The zero-order valence-corrected chi connectivity index (χ0v) is 13.3. The first kappa shape index (κ1) is 13.8. The molecule has 3 aromatic rings. The lowest BCUT2D eigenvalue weighted by Crippen LogP contribution is -2.19. The second-order valence-electron chi connectivity index (χ2n) is 4.96. The molecule has 0 aliphatic carbocycles. The van der Waals surface area contributed by atoms with Crippen molar-refractivity contribution in [2.24, 2.45) is 14.1 Å². The van der Waals surface area contributed by atoms with Crippen molar-refractivity contribution in [1.29, 1.82) is 0 Å². The minimum Gasteiger partial charge on any atom is -0.397 e. The van der Waals surface area contributed by atoms with E-state index in [0.717, 1.165) is 26.9 Å². The smallest absolute Gasteiger partial charge is 0.328 e. The highest BCUT2D eigenvalue weighted by Gasteiger charge is 2.08. The van der Waals surface area contributed by atoms with Gasteiger partial charge in [-0.2, -0.15) is 0 Å². The molecule has 0 radical (unpaired) electrons. The van der Waals surface area contributed by atoms with E-state index in [2.05, 4.69) is 21.2 Å². The Balaban J connectivity index is 2.05. The maximum atomic E-state index is 11.9. The molecule has 0 amide bonds. The molecule has 0 atom stereocenters. The fourth-order valence-electron chi connectivity index (χ4n) is 2.39. The Bertz CT molecular complexity index is 895. The van der Waals surface area contributed by atoms with Crippen molar-refractivity contribution in [2.45, 2.75) is 0 Å². The minimum absolute atomic E-state index is 0.0368. The summed E-state index contributed by atoms with van der Waals surface area (Å²) in [6.07, 6.45) is 0. The lowest BCUT2D eigenvalue weighted by Gasteiger charge is -2.10. The number of aromatic nitrogens is 2. The number of fused-ring (bicyclic) bond motifs is 1. The van der Waals surface area contributed by atoms with Crippen LogP contribution < -0.4 is 16.7 Å². The van der Waals surface area contributed by atoms with Crippen LogP contribution in [0.25, 0.3) is 11.0 Å². The number of nitrogen functional groups attached to an aromatic ring is 1. The minimum atomic E-state index is -0.0368. The Kier molecular flexibility index (Phi) is 3.25. The summed E-state index contributed by atoms with van der Waals surface area (Å²) in [7, 11) is 3.53. The van der Waals surface area contributed by atoms with Crippen molar-refractivity contribution in [3.05, 3.63) is 51.4 Å². The predicted octanol–water partition coefficient (Wildman–Crippen LogP) is 2.97. The van der Waals surface area contributed by atoms with E-state index in [0.29, 0.717) is 5.69 Å². The quantitative estimate of drug-likeness (QED) is 0.701. The standard InChI is InChI=1S/C15H15BrN4O/c1-19-13-6-4-10(8-14(13)20(2)15(19)21)18-12-5-3-9(16)7-11(12)17/h3-8,18H,17H2,1-2H3. The number of rotatable bonds is 2. The molecule has 0 aliphatic rings. The van der Waals surface area contributed by atoms with Crippen LogP contribution in [-0.2, 0) is 14.1 Å². The molecule has 0 saturated carbocycles. The van der Waals surface area contributed by atoms with Gasteiger partial charge in [-0.25, -0.2) is 4.79 Å².